The molecule has 2 aromatic carbocycles. The van der Waals surface area contributed by atoms with Gasteiger partial charge in [0.25, 0.3) is 0 Å². The molecule has 208 valence electrons. The number of rotatable bonds is 12. The van der Waals surface area contributed by atoms with Crippen molar-refractivity contribution in [2.45, 2.75) is 81.8 Å². The number of nitrogens with zero attached hydrogens (tertiary/aromatic N) is 2. The second kappa shape index (κ2) is 14.3. The lowest BCUT2D eigenvalue weighted by Gasteiger charge is -2.33. The topological polar surface area (TPSA) is 86.8 Å². The fourth-order valence-electron chi connectivity index (χ4n) is 4.79. The lowest BCUT2D eigenvalue weighted by Crippen LogP contribution is -2.51. The Morgan fingerprint density at radius 2 is 1.71 bits per heavy atom. The molecule has 1 fully saturated rings. The molecule has 0 spiro atoms. The highest BCUT2D eigenvalue weighted by atomic mass is 35.5. The maximum Gasteiger partial charge on any atom is 0.243 e. The summed E-state index contributed by atoms with van der Waals surface area (Å²) in [7, 11) is -2.14. The van der Waals surface area contributed by atoms with Crippen LogP contribution in [-0.4, -0.2) is 55.1 Å². The molecule has 2 amide bonds. The highest BCUT2D eigenvalue weighted by Gasteiger charge is 2.30. The zero-order chi connectivity index (χ0) is 27.7. The van der Waals surface area contributed by atoms with Crippen LogP contribution in [0.1, 0.15) is 63.9 Å². The number of carbonyl (C=O) groups excluding carboxylic acids is 2. The van der Waals surface area contributed by atoms with Gasteiger partial charge in [0.1, 0.15) is 6.04 Å². The first-order chi connectivity index (χ1) is 18.1. The number of benzene rings is 2. The van der Waals surface area contributed by atoms with Crippen molar-refractivity contribution in [3.8, 4) is 0 Å². The van der Waals surface area contributed by atoms with Crippen molar-refractivity contribution >= 4 is 45.0 Å². The average Bonchev–Trinajstić information content (AvgIpc) is 2.91. The first-order valence-electron chi connectivity index (χ1n) is 13.2. The predicted octanol–water partition coefficient (Wildman–Crippen LogP) is 5.65. The van der Waals surface area contributed by atoms with E-state index >= 15 is 0 Å². The molecule has 1 N–H and O–H groups in total. The molecule has 1 aliphatic carbocycles. The highest BCUT2D eigenvalue weighted by molar-refractivity contribution is 7.89. The van der Waals surface area contributed by atoms with Crippen LogP contribution in [0.3, 0.4) is 0 Å². The molecular formula is C28H37Cl2N3O4S. The smallest absolute Gasteiger partial charge is 0.243 e. The van der Waals surface area contributed by atoms with Crippen molar-refractivity contribution in [1.29, 1.82) is 0 Å². The minimum absolute atomic E-state index is 0.100. The summed E-state index contributed by atoms with van der Waals surface area (Å²) >= 11 is 12.3. The van der Waals surface area contributed by atoms with E-state index in [4.69, 9.17) is 23.2 Å². The van der Waals surface area contributed by atoms with Gasteiger partial charge in [-0.05, 0) is 55.5 Å². The lowest BCUT2D eigenvalue weighted by molar-refractivity contribution is -0.141. The molecule has 38 heavy (non-hydrogen) atoms. The van der Waals surface area contributed by atoms with Crippen LogP contribution in [0.2, 0.25) is 10.0 Å². The van der Waals surface area contributed by atoms with Crippen molar-refractivity contribution in [3.05, 3.63) is 64.1 Å². The van der Waals surface area contributed by atoms with Crippen LogP contribution in [0.5, 0.6) is 0 Å². The number of nitrogens with one attached hydrogen (secondary N) is 1. The van der Waals surface area contributed by atoms with Gasteiger partial charge in [0.2, 0.25) is 21.8 Å². The summed E-state index contributed by atoms with van der Waals surface area (Å²) in [5.41, 5.74) is 0.764. The summed E-state index contributed by atoms with van der Waals surface area (Å²) in [6.07, 6.45) is 6.13. The van der Waals surface area contributed by atoms with Crippen LogP contribution in [0.15, 0.2) is 53.4 Å². The average molecular weight is 583 g/mol. The normalized spacial score (nSPS) is 15.3. The molecule has 0 aromatic heterocycles. The third-order valence-electron chi connectivity index (χ3n) is 6.99. The third kappa shape index (κ3) is 8.18. The van der Waals surface area contributed by atoms with Gasteiger partial charge in [0.05, 0.1) is 14.9 Å². The standard InChI is InChI=1S/C28H37Cl2N3O4S/c1-3-26(28(35)31-22-11-6-4-7-12-22)33(20-21-16-17-24(29)25(30)19-21)27(34)15-10-18-32(2)38(36,37)23-13-8-5-9-14-23/h5,8-9,13-14,16-17,19,22,26H,3-4,6-7,10-12,15,18,20H2,1-2H3,(H,31,35)/t26-/m0/s1. The first-order valence-corrected chi connectivity index (χ1v) is 15.4. The lowest BCUT2D eigenvalue weighted by atomic mass is 9.95. The summed E-state index contributed by atoms with van der Waals surface area (Å²) in [5, 5.41) is 3.95. The molecule has 1 saturated carbocycles. The molecule has 2 aromatic rings. The molecule has 0 heterocycles. The van der Waals surface area contributed by atoms with Gasteiger partial charge in [-0.15, -0.1) is 0 Å². The molecule has 0 aliphatic heterocycles. The van der Waals surface area contributed by atoms with E-state index < -0.39 is 16.1 Å². The third-order valence-corrected chi connectivity index (χ3v) is 9.60. The Bertz CT molecular complexity index is 1190. The molecule has 0 radical (unpaired) electrons. The number of halogens is 2. The molecule has 0 unspecified atom stereocenters. The van der Waals surface area contributed by atoms with E-state index in [9.17, 15) is 18.0 Å². The quantitative estimate of drug-likeness (QED) is 0.351. The monoisotopic (exact) mass is 581 g/mol. The number of hydrogen-bond donors (Lipinski definition) is 1. The predicted molar refractivity (Wildman–Crippen MR) is 152 cm³/mol. The van der Waals surface area contributed by atoms with Crippen LogP contribution in [0.4, 0.5) is 0 Å². The van der Waals surface area contributed by atoms with Crippen LogP contribution in [0.25, 0.3) is 0 Å². The zero-order valence-electron chi connectivity index (χ0n) is 22.0. The van der Waals surface area contributed by atoms with Crippen molar-refractivity contribution in [3.63, 3.8) is 0 Å². The Labute approximate surface area is 236 Å². The van der Waals surface area contributed by atoms with E-state index in [0.29, 0.717) is 22.9 Å². The minimum atomic E-state index is -3.65. The molecule has 3 rings (SSSR count). The summed E-state index contributed by atoms with van der Waals surface area (Å²) < 4.78 is 26.9. The summed E-state index contributed by atoms with van der Waals surface area (Å²) in [6.45, 7) is 2.26. The maximum atomic E-state index is 13.5. The number of sulfonamides is 1. The number of hydrogen-bond acceptors (Lipinski definition) is 4. The van der Waals surface area contributed by atoms with E-state index in [0.717, 1.165) is 31.2 Å². The minimum Gasteiger partial charge on any atom is -0.352 e. The second-order valence-electron chi connectivity index (χ2n) is 9.78. The van der Waals surface area contributed by atoms with Crippen molar-refractivity contribution < 1.29 is 18.0 Å². The zero-order valence-corrected chi connectivity index (χ0v) is 24.4. The Morgan fingerprint density at radius 1 is 1.03 bits per heavy atom. The fourth-order valence-corrected chi connectivity index (χ4v) is 6.34. The van der Waals surface area contributed by atoms with Gasteiger partial charge in [-0.3, -0.25) is 9.59 Å². The van der Waals surface area contributed by atoms with Gasteiger partial charge in [0, 0.05) is 32.6 Å². The Morgan fingerprint density at radius 3 is 2.34 bits per heavy atom. The summed E-state index contributed by atoms with van der Waals surface area (Å²) in [6, 6.07) is 12.9. The van der Waals surface area contributed by atoms with Gasteiger partial charge in [0.15, 0.2) is 0 Å². The van der Waals surface area contributed by atoms with E-state index in [-0.39, 0.29) is 42.3 Å². The molecule has 0 bridgehead atoms. The summed E-state index contributed by atoms with van der Waals surface area (Å²) in [5.74, 6) is -0.371. The first kappa shape index (κ1) is 30.4. The van der Waals surface area contributed by atoms with Crippen LogP contribution < -0.4 is 5.32 Å². The van der Waals surface area contributed by atoms with Crippen molar-refractivity contribution in [2.24, 2.45) is 0 Å². The van der Waals surface area contributed by atoms with Crippen LogP contribution >= 0.6 is 23.2 Å². The summed E-state index contributed by atoms with van der Waals surface area (Å²) in [4.78, 5) is 28.6. The van der Waals surface area contributed by atoms with E-state index in [2.05, 4.69) is 5.32 Å². The fraction of sp³-hybridized carbons (Fsp3) is 0.500. The SMILES string of the molecule is CC[C@@H](C(=O)NC1CCCCC1)N(Cc1ccc(Cl)c(Cl)c1)C(=O)CCCN(C)S(=O)(=O)c1ccccc1. The molecular weight excluding hydrogens is 545 g/mol. The Hall–Kier alpha value is -2.13. The molecule has 1 atom stereocenters. The maximum absolute atomic E-state index is 13.5. The van der Waals surface area contributed by atoms with E-state index in [1.54, 1.807) is 53.4 Å². The largest absolute Gasteiger partial charge is 0.352 e. The molecule has 7 nitrogen and oxygen atoms in total. The van der Waals surface area contributed by atoms with Gasteiger partial charge >= 0.3 is 0 Å². The van der Waals surface area contributed by atoms with Gasteiger partial charge in [-0.2, -0.15) is 0 Å². The van der Waals surface area contributed by atoms with Gasteiger partial charge in [-0.25, -0.2) is 12.7 Å². The van der Waals surface area contributed by atoms with Gasteiger partial charge in [-0.1, -0.05) is 73.7 Å². The molecule has 10 heteroatoms. The van der Waals surface area contributed by atoms with Crippen molar-refractivity contribution in [1.82, 2.24) is 14.5 Å². The molecule has 1 aliphatic rings. The second-order valence-corrected chi connectivity index (χ2v) is 12.6. The number of carbonyl (C=O) groups is 2. The van der Waals surface area contributed by atoms with E-state index in [1.165, 1.54) is 17.8 Å². The molecule has 0 saturated heterocycles. The Kier molecular flexibility index (Phi) is 11.5. The van der Waals surface area contributed by atoms with Crippen molar-refractivity contribution in [2.75, 3.05) is 13.6 Å². The van der Waals surface area contributed by atoms with Crippen LogP contribution in [0, 0.1) is 0 Å². The Balaban J connectivity index is 1.72. The highest BCUT2D eigenvalue weighted by Crippen LogP contribution is 2.25. The van der Waals surface area contributed by atoms with Crippen LogP contribution in [-0.2, 0) is 26.2 Å². The van der Waals surface area contributed by atoms with E-state index in [1.807, 2.05) is 6.92 Å². The van der Waals surface area contributed by atoms with Gasteiger partial charge < -0.3 is 10.2 Å². The number of amides is 2.